The van der Waals surface area contributed by atoms with E-state index in [-0.39, 0.29) is 32.3 Å². The maximum Gasteiger partial charge on any atom is 0.255 e. The van der Waals surface area contributed by atoms with Gasteiger partial charge >= 0.3 is 0 Å². The van der Waals surface area contributed by atoms with E-state index >= 15 is 0 Å². The Balaban J connectivity index is 1.03. The fourth-order valence-corrected chi connectivity index (χ4v) is 6.39. The number of rotatable bonds is 16. The molecule has 2 aliphatic heterocycles. The highest BCUT2D eigenvalue weighted by atomic mass is 16.6. The van der Waals surface area contributed by atoms with Gasteiger partial charge < -0.3 is 54.8 Å². The van der Waals surface area contributed by atoms with Crippen molar-refractivity contribution in [3.8, 4) is 23.0 Å². The monoisotopic (exact) mass is 713 g/mol. The van der Waals surface area contributed by atoms with Crippen molar-refractivity contribution >= 4 is 17.3 Å². The minimum absolute atomic E-state index is 0.163. The lowest BCUT2D eigenvalue weighted by Gasteiger charge is -2.28. The highest BCUT2D eigenvalue weighted by Crippen LogP contribution is 2.41. The van der Waals surface area contributed by atoms with Crippen LogP contribution in [0, 0.1) is 0 Å². The Hall–Kier alpha value is -5.34. The second-order valence-corrected chi connectivity index (χ2v) is 12.4. The summed E-state index contributed by atoms with van der Waals surface area (Å²) in [7, 11) is 3.09. The normalized spacial score (nSPS) is 16.3. The molecular formula is C39H43N3O10. The molecular weight excluding hydrogens is 670 g/mol. The number of anilines is 1. The van der Waals surface area contributed by atoms with Crippen molar-refractivity contribution in [1.82, 2.24) is 5.32 Å². The highest BCUT2D eigenvalue weighted by Gasteiger charge is 2.28. The van der Waals surface area contributed by atoms with E-state index in [1.165, 1.54) is 0 Å². The zero-order chi connectivity index (χ0) is 36.6. The zero-order valence-corrected chi connectivity index (χ0v) is 29.1. The standard InChI is InChI=1S/C39H43N3O10/c1-48-35-16-24(32-18-34(52-42-32)25-14-26(19-43)30(22-46)27(15-25)20-44)17-36(49-2)37(35)51-12-6-5-11-50-33-10-9-23(13-28(33)21-45)38-40-31-8-4-3-7-29(31)39(47)41-38/h3-4,7-10,13-17,34,38,40,43-46H,5-6,11-12,18-22H2,1-2H3,(H,41,47). The average molecular weight is 714 g/mol. The summed E-state index contributed by atoms with van der Waals surface area (Å²) in [6, 6.07) is 20.0. The van der Waals surface area contributed by atoms with Gasteiger partial charge in [0.05, 0.1) is 65.1 Å². The molecule has 0 saturated heterocycles. The van der Waals surface area contributed by atoms with Gasteiger partial charge in [0.1, 0.15) is 11.9 Å². The Labute approximate surface area is 301 Å². The van der Waals surface area contributed by atoms with Crippen LogP contribution in [0.25, 0.3) is 0 Å². The number of nitrogens with one attached hydrogen (secondary N) is 2. The molecule has 6 rings (SSSR count). The number of benzene rings is 4. The molecule has 1 amide bonds. The molecule has 4 aromatic carbocycles. The van der Waals surface area contributed by atoms with Crippen LogP contribution in [0.3, 0.4) is 0 Å². The lowest BCUT2D eigenvalue weighted by molar-refractivity contribution is 0.0853. The minimum atomic E-state index is -0.449. The third-order valence-corrected chi connectivity index (χ3v) is 9.17. The van der Waals surface area contributed by atoms with Gasteiger partial charge in [-0.25, -0.2) is 0 Å². The molecule has 2 aliphatic rings. The molecule has 0 aliphatic carbocycles. The maximum atomic E-state index is 12.6. The number of fused-ring (bicyclic) bond motifs is 1. The summed E-state index contributed by atoms with van der Waals surface area (Å²) in [5, 5.41) is 50.0. The predicted octanol–water partition coefficient (Wildman–Crippen LogP) is 4.63. The second kappa shape index (κ2) is 16.8. The highest BCUT2D eigenvalue weighted by molar-refractivity contribution is 6.02. The van der Waals surface area contributed by atoms with Crippen LogP contribution >= 0.6 is 0 Å². The molecule has 6 N–H and O–H groups in total. The van der Waals surface area contributed by atoms with Crippen molar-refractivity contribution in [1.29, 1.82) is 0 Å². The van der Waals surface area contributed by atoms with E-state index < -0.39 is 12.3 Å². The zero-order valence-electron chi connectivity index (χ0n) is 29.1. The van der Waals surface area contributed by atoms with Crippen LogP contribution in [0.2, 0.25) is 0 Å². The van der Waals surface area contributed by atoms with Crippen LogP contribution in [-0.4, -0.2) is 59.5 Å². The fraction of sp³-hybridized carbons (Fsp3) is 0.333. The molecule has 0 fully saturated rings. The van der Waals surface area contributed by atoms with Crippen molar-refractivity contribution in [3.05, 3.63) is 111 Å². The number of hydrogen-bond acceptors (Lipinski definition) is 12. The molecule has 52 heavy (non-hydrogen) atoms. The van der Waals surface area contributed by atoms with E-state index in [1.807, 2.05) is 42.5 Å². The first kappa shape index (κ1) is 36.5. The largest absolute Gasteiger partial charge is 0.493 e. The van der Waals surface area contributed by atoms with E-state index in [2.05, 4.69) is 15.8 Å². The molecule has 13 nitrogen and oxygen atoms in total. The van der Waals surface area contributed by atoms with Crippen molar-refractivity contribution in [2.45, 2.75) is 58.0 Å². The van der Waals surface area contributed by atoms with Crippen molar-refractivity contribution in [2.75, 3.05) is 32.8 Å². The first-order chi connectivity index (χ1) is 25.4. The summed E-state index contributed by atoms with van der Waals surface area (Å²) < 4.78 is 23.5. The number of ether oxygens (including phenoxy) is 4. The number of methoxy groups -OCH3 is 2. The van der Waals surface area contributed by atoms with Gasteiger partial charge in [0.25, 0.3) is 5.91 Å². The number of nitrogens with zero attached hydrogens (tertiary/aromatic N) is 1. The van der Waals surface area contributed by atoms with Gasteiger partial charge in [-0.3, -0.25) is 4.79 Å². The third kappa shape index (κ3) is 7.77. The molecule has 13 heteroatoms. The molecule has 2 atom stereocenters. The molecule has 0 radical (unpaired) electrons. The Morgan fingerprint density at radius 1 is 0.750 bits per heavy atom. The summed E-state index contributed by atoms with van der Waals surface area (Å²) >= 11 is 0. The number of carbonyl (C=O) groups is 1. The number of aliphatic hydroxyl groups is 4. The van der Waals surface area contributed by atoms with E-state index in [9.17, 15) is 25.2 Å². The second-order valence-electron chi connectivity index (χ2n) is 12.4. The number of amides is 1. The summed E-state index contributed by atoms with van der Waals surface area (Å²) in [6.45, 7) is -0.303. The van der Waals surface area contributed by atoms with Gasteiger partial charge in [0.15, 0.2) is 17.6 Å². The van der Waals surface area contributed by atoms with Crippen LogP contribution in [0.5, 0.6) is 23.0 Å². The smallest absolute Gasteiger partial charge is 0.255 e. The molecule has 2 heterocycles. The quantitative estimate of drug-likeness (QED) is 0.0892. The average Bonchev–Trinajstić information content (AvgIpc) is 3.69. The minimum Gasteiger partial charge on any atom is -0.493 e. The molecule has 4 aromatic rings. The first-order valence-electron chi connectivity index (χ1n) is 17.0. The van der Waals surface area contributed by atoms with Crippen LogP contribution in [0.15, 0.2) is 71.9 Å². The van der Waals surface area contributed by atoms with Crippen molar-refractivity contribution in [2.24, 2.45) is 5.16 Å². The molecule has 274 valence electrons. The summed E-state index contributed by atoms with van der Waals surface area (Å²) in [6.07, 6.45) is 0.882. The van der Waals surface area contributed by atoms with Crippen LogP contribution in [0.4, 0.5) is 5.69 Å². The lowest BCUT2D eigenvalue weighted by Crippen LogP contribution is -2.38. The van der Waals surface area contributed by atoms with E-state index in [4.69, 9.17) is 23.8 Å². The van der Waals surface area contributed by atoms with Crippen LogP contribution < -0.4 is 29.6 Å². The van der Waals surface area contributed by atoms with Crippen LogP contribution in [0.1, 0.15) is 80.8 Å². The number of aliphatic hydroxyl groups excluding tert-OH is 4. The van der Waals surface area contributed by atoms with Crippen molar-refractivity contribution in [3.63, 3.8) is 0 Å². The van der Waals surface area contributed by atoms with Gasteiger partial charge in [-0.05, 0) is 89.2 Å². The number of hydrogen-bond donors (Lipinski definition) is 6. The lowest BCUT2D eigenvalue weighted by atomic mass is 9.93. The third-order valence-electron chi connectivity index (χ3n) is 9.17. The Morgan fingerprint density at radius 3 is 2.06 bits per heavy atom. The maximum absolute atomic E-state index is 12.6. The van der Waals surface area contributed by atoms with E-state index in [0.717, 1.165) is 22.4 Å². The number of para-hydroxylation sites is 1. The SMILES string of the molecule is COc1cc(C2=NOC(c3cc(CO)c(CO)c(CO)c3)C2)cc(OC)c1OCCCCOc1ccc(C2NC(=O)c3ccccc3N2)cc1CO. The van der Waals surface area contributed by atoms with Gasteiger partial charge in [-0.2, -0.15) is 0 Å². The topological polar surface area (TPSA) is 181 Å². The summed E-state index contributed by atoms with van der Waals surface area (Å²) in [5.74, 6) is 1.79. The summed E-state index contributed by atoms with van der Waals surface area (Å²) in [4.78, 5) is 18.3. The van der Waals surface area contributed by atoms with Gasteiger partial charge in [0, 0.05) is 23.2 Å². The molecule has 2 unspecified atom stereocenters. The summed E-state index contributed by atoms with van der Waals surface area (Å²) in [5.41, 5.74) is 6.43. The number of unbranched alkanes of at least 4 members (excludes halogenated alkanes) is 1. The van der Waals surface area contributed by atoms with Gasteiger partial charge in [-0.1, -0.05) is 23.4 Å². The Kier molecular flexibility index (Phi) is 11.8. The Morgan fingerprint density at radius 2 is 1.40 bits per heavy atom. The Bertz CT molecular complexity index is 1880. The predicted molar refractivity (Wildman–Crippen MR) is 192 cm³/mol. The molecule has 0 bridgehead atoms. The number of oxime groups is 1. The van der Waals surface area contributed by atoms with Crippen molar-refractivity contribution < 1.29 is 49.0 Å². The first-order valence-corrected chi connectivity index (χ1v) is 17.0. The van der Waals surface area contributed by atoms with E-state index in [0.29, 0.717) is 89.0 Å². The number of carbonyl (C=O) groups excluding carboxylic acids is 1. The van der Waals surface area contributed by atoms with Gasteiger partial charge in [-0.15, -0.1) is 0 Å². The molecule has 0 saturated carbocycles. The van der Waals surface area contributed by atoms with Gasteiger partial charge in [0.2, 0.25) is 5.75 Å². The molecule has 0 spiro atoms. The fourth-order valence-electron chi connectivity index (χ4n) is 6.39. The molecule has 0 aromatic heterocycles. The van der Waals surface area contributed by atoms with Crippen LogP contribution in [-0.2, 0) is 31.3 Å². The van der Waals surface area contributed by atoms with E-state index in [1.54, 1.807) is 38.5 Å².